The molecule has 1 amide bonds. The number of alkyl halides is 3. The summed E-state index contributed by atoms with van der Waals surface area (Å²) in [5.41, 5.74) is -0.158. The van der Waals surface area contributed by atoms with Crippen molar-refractivity contribution in [3.63, 3.8) is 0 Å². The fourth-order valence-corrected chi connectivity index (χ4v) is 2.75. The molecule has 1 aromatic carbocycles. The number of rotatable bonds is 5. The second-order valence-electron chi connectivity index (χ2n) is 5.28. The Morgan fingerprint density at radius 1 is 1.36 bits per heavy atom. The maximum Gasteiger partial charge on any atom is 0.416 e. The monoisotopic (exact) mass is 369 g/mol. The first-order valence-corrected chi connectivity index (χ1v) is 8.66. The molecule has 0 aliphatic carbocycles. The molecule has 0 aliphatic heterocycles. The summed E-state index contributed by atoms with van der Waals surface area (Å²) in [6.07, 6.45) is -1.18. The van der Waals surface area contributed by atoms with Gasteiger partial charge in [-0.1, -0.05) is 0 Å². The van der Waals surface area contributed by atoms with Crippen LogP contribution in [0.5, 0.6) is 0 Å². The Labute approximate surface area is 145 Å². The van der Waals surface area contributed by atoms with E-state index in [1.165, 1.54) is 24.1 Å². The number of aromatic nitrogens is 2. The van der Waals surface area contributed by atoms with Gasteiger partial charge in [-0.15, -0.1) is 0 Å². The topological polar surface area (TPSA) is 60.1 Å². The third kappa shape index (κ3) is 3.81. The summed E-state index contributed by atoms with van der Waals surface area (Å²) < 4.78 is 45.7. The molecular formula is C16H14F3N3O2S. The average molecular weight is 369 g/mol. The number of hydrogen-bond acceptors (Lipinski definition) is 4. The number of anilines is 1. The summed E-state index contributed by atoms with van der Waals surface area (Å²) in [6, 6.07) is 6.76. The summed E-state index contributed by atoms with van der Waals surface area (Å²) in [4.78, 5) is 16.1. The molecule has 1 N–H and O–H groups in total. The van der Waals surface area contributed by atoms with Crippen molar-refractivity contribution in [3.05, 3.63) is 47.9 Å². The average Bonchev–Trinajstić information content (AvgIpc) is 3.15. The summed E-state index contributed by atoms with van der Waals surface area (Å²) in [5.74, 6) is 0.724. The van der Waals surface area contributed by atoms with E-state index in [-0.39, 0.29) is 29.7 Å². The molecule has 0 bridgehead atoms. The van der Waals surface area contributed by atoms with Crippen LogP contribution in [0.1, 0.15) is 11.3 Å². The molecule has 0 atom stereocenters. The minimum Gasteiger partial charge on any atom is -0.467 e. The van der Waals surface area contributed by atoms with Crippen LogP contribution in [0.2, 0.25) is 0 Å². The Bertz CT molecular complexity index is 888. The zero-order valence-corrected chi connectivity index (χ0v) is 13.9. The lowest BCUT2D eigenvalue weighted by atomic mass is 10.2. The lowest BCUT2D eigenvalue weighted by molar-refractivity contribution is -0.137. The van der Waals surface area contributed by atoms with Gasteiger partial charge in [0.05, 0.1) is 35.2 Å². The maximum absolute atomic E-state index is 12.9. The Hall–Kier alpha value is -2.42. The van der Waals surface area contributed by atoms with Crippen LogP contribution >= 0.6 is 11.8 Å². The molecule has 5 nitrogen and oxygen atoms in total. The van der Waals surface area contributed by atoms with Crippen LogP contribution in [0.3, 0.4) is 0 Å². The highest BCUT2D eigenvalue weighted by Crippen LogP contribution is 2.32. The van der Waals surface area contributed by atoms with Crippen LogP contribution in [-0.2, 0) is 17.5 Å². The van der Waals surface area contributed by atoms with Crippen LogP contribution in [0.15, 0.2) is 41.0 Å². The number of nitrogens with zero attached hydrogens (tertiary/aromatic N) is 2. The Morgan fingerprint density at radius 2 is 2.16 bits per heavy atom. The zero-order valence-electron chi connectivity index (χ0n) is 13.1. The first-order valence-electron chi connectivity index (χ1n) is 7.27. The number of benzene rings is 1. The van der Waals surface area contributed by atoms with E-state index in [1.54, 1.807) is 23.0 Å². The van der Waals surface area contributed by atoms with Gasteiger partial charge in [0.25, 0.3) is 0 Å². The lowest BCUT2D eigenvalue weighted by Gasteiger charge is -2.09. The normalized spacial score (nSPS) is 11.8. The number of imidazole rings is 1. The molecular weight excluding hydrogens is 355 g/mol. The molecule has 2 aromatic heterocycles. The number of amides is 1. The van der Waals surface area contributed by atoms with Crippen molar-refractivity contribution >= 4 is 34.7 Å². The number of fused-ring (bicyclic) bond motifs is 1. The molecule has 3 aromatic rings. The van der Waals surface area contributed by atoms with Crippen LogP contribution in [-0.4, -0.2) is 27.5 Å². The van der Waals surface area contributed by atoms with Gasteiger partial charge >= 0.3 is 6.18 Å². The van der Waals surface area contributed by atoms with E-state index in [0.29, 0.717) is 11.3 Å². The number of carbonyl (C=O) groups is 1. The molecule has 3 rings (SSSR count). The van der Waals surface area contributed by atoms with Crippen LogP contribution in [0.4, 0.5) is 19.1 Å². The number of thioether (sulfide) groups is 1. The van der Waals surface area contributed by atoms with E-state index in [9.17, 15) is 18.0 Å². The van der Waals surface area contributed by atoms with Crippen molar-refractivity contribution in [1.82, 2.24) is 9.55 Å². The first-order chi connectivity index (χ1) is 11.9. The molecule has 0 radical (unpaired) electrons. The van der Waals surface area contributed by atoms with Crippen molar-refractivity contribution in [3.8, 4) is 0 Å². The minimum absolute atomic E-state index is 0.154. The predicted molar refractivity (Wildman–Crippen MR) is 89.6 cm³/mol. The molecule has 0 fully saturated rings. The van der Waals surface area contributed by atoms with Gasteiger partial charge in [0, 0.05) is 0 Å². The molecule has 9 heteroatoms. The van der Waals surface area contributed by atoms with Gasteiger partial charge in [-0.2, -0.15) is 24.9 Å². The van der Waals surface area contributed by atoms with E-state index in [2.05, 4.69) is 10.3 Å². The molecule has 132 valence electrons. The van der Waals surface area contributed by atoms with Crippen LogP contribution in [0.25, 0.3) is 11.0 Å². The number of furan rings is 1. The summed E-state index contributed by atoms with van der Waals surface area (Å²) >= 11 is 1.34. The Kier molecular flexibility index (Phi) is 4.76. The van der Waals surface area contributed by atoms with Crippen molar-refractivity contribution in [2.24, 2.45) is 0 Å². The third-order valence-electron chi connectivity index (χ3n) is 3.50. The second-order valence-corrected chi connectivity index (χ2v) is 6.15. The Balaban J connectivity index is 2.06. The van der Waals surface area contributed by atoms with Gasteiger partial charge in [0.1, 0.15) is 5.76 Å². The summed E-state index contributed by atoms with van der Waals surface area (Å²) in [6.45, 7) is 0.240. The highest BCUT2D eigenvalue weighted by molar-refractivity contribution is 7.99. The van der Waals surface area contributed by atoms with Gasteiger partial charge in [0.2, 0.25) is 11.9 Å². The van der Waals surface area contributed by atoms with Gasteiger partial charge in [0.15, 0.2) is 0 Å². The minimum atomic E-state index is -4.46. The van der Waals surface area contributed by atoms with Crippen molar-refractivity contribution < 1.29 is 22.4 Å². The van der Waals surface area contributed by atoms with E-state index in [4.69, 9.17) is 4.42 Å². The fraction of sp³-hybridized carbons (Fsp3) is 0.250. The van der Waals surface area contributed by atoms with Crippen LogP contribution in [0, 0.1) is 0 Å². The van der Waals surface area contributed by atoms with E-state index < -0.39 is 11.7 Å². The van der Waals surface area contributed by atoms with E-state index in [1.807, 2.05) is 0 Å². The highest BCUT2D eigenvalue weighted by Gasteiger charge is 2.31. The van der Waals surface area contributed by atoms with Crippen molar-refractivity contribution in [1.29, 1.82) is 0 Å². The third-order valence-corrected chi connectivity index (χ3v) is 4.05. The van der Waals surface area contributed by atoms with E-state index >= 15 is 0 Å². The van der Waals surface area contributed by atoms with E-state index in [0.717, 1.165) is 12.1 Å². The molecule has 0 spiro atoms. The SMILES string of the molecule is CSCC(=O)Nc1nc2cc(C(F)(F)F)ccc2n1Cc1ccco1. The number of halogens is 3. The van der Waals surface area contributed by atoms with Gasteiger partial charge in [-0.3, -0.25) is 10.1 Å². The fourth-order valence-electron chi connectivity index (χ4n) is 2.41. The molecule has 0 unspecified atom stereocenters. The maximum atomic E-state index is 12.9. The lowest BCUT2D eigenvalue weighted by Crippen LogP contribution is -2.17. The number of hydrogen-bond donors (Lipinski definition) is 1. The largest absolute Gasteiger partial charge is 0.467 e. The standard InChI is InChI=1S/C16H14F3N3O2S/c1-25-9-14(23)21-15-20-12-7-10(16(17,18)19)4-5-13(12)22(15)8-11-3-2-6-24-11/h2-7H,8-9H2,1H3,(H,20,21,23). The van der Waals surface area contributed by atoms with Crippen LogP contribution < -0.4 is 5.32 Å². The molecule has 25 heavy (non-hydrogen) atoms. The molecule has 2 heterocycles. The van der Waals surface area contributed by atoms with Crippen molar-refractivity contribution in [2.75, 3.05) is 17.3 Å². The van der Waals surface area contributed by atoms with Crippen molar-refractivity contribution in [2.45, 2.75) is 12.7 Å². The zero-order chi connectivity index (χ0) is 18.0. The smallest absolute Gasteiger partial charge is 0.416 e. The molecule has 0 saturated heterocycles. The summed E-state index contributed by atoms with van der Waals surface area (Å²) in [5, 5.41) is 2.64. The van der Waals surface area contributed by atoms with Gasteiger partial charge in [-0.05, 0) is 36.6 Å². The van der Waals surface area contributed by atoms with Gasteiger partial charge in [-0.25, -0.2) is 4.98 Å². The Morgan fingerprint density at radius 3 is 2.80 bits per heavy atom. The van der Waals surface area contributed by atoms with Gasteiger partial charge < -0.3 is 8.98 Å². The quantitative estimate of drug-likeness (QED) is 0.739. The highest BCUT2D eigenvalue weighted by atomic mass is 32.2. The first kappa shape index (κ1) is 17.4. The second kappa shape index (κ2) is 6.83. The summed E-state index contributed by atoms with van der Waals surface area (Å²) in [7, 11) is 0. The molecule has 0 aliphatic rings. The number of nitrogens with one attached hydrogen (secondary N) is 1. The number of carbonyl (C=O) groups excluding carboxylic acids is 1. The molecule has 0 saturated carbocycles. The predicted octanol–water partition coefficient (Wildman–Crippen LogP) is 4.00.